The van der Waals surface area contributed by atoms with Crippen molar-refractivity contribution in [1.82, 2.24) is 0 Å². The summed E-state index contributed by atoms with van der Waals surface area (Å²) in [4.78, 5) is 11.5. The van der Waals surface area contributed by atoms with Crippen molar-refractivity contribution >= 4 is 11.0 Å². The second kappa shape index (κ2) is 3.66. The van der Waals surface area contributed by atoms with Crippen molar-refractivity contribution in [2.75, 3.05) is 0 Å². The average molecular weight is 244 g/mol. The van der Waals surface area contributed by atoms with Crippen LogP contribution in [0.15, 0.2) is 50.2 Å². The van der Waals surface area contributed by atoms with E-state index >= 15 is 0 Å². The monoisotopic (exact) mass is 244 g/mol. The molecule has 0 spiro atoms. The Labute approximate surface area is 101 Å². The molecule has 0 aliphatic carbocycles. The second-order valence-electron chi connectivity index (χ2n) is 3.77. The first-order chi connectivity index (χ1) is 8.66. The number of fused-ring (bicyclic) bond motifs is 1. The minimum Gasteiger partial charge on any atom is -0.504 e. The SMILES string of the molecule is O=c1cc(-c2ccco2)c2ccc(O)c(O)c2o1. The van der Waals surface area contributed by atoms with Gasteiger partial charge in [-0.05, 0) is 24.3 Å². The highest BCUT2D eigenvalue weighted by Gasteiger charge is 2.14. The highest BCUT2D eigenvalue weighted by molar-refractivity contribution is 5.95. The highest BCUT2D eigenvalue weighted by atomic mass is 16.4. The quantitative estimate of drug-likeness (QED) is 0.507. The molecule has 3 aromatic rings. The van der Waals surface area contributed by atoms with Gasteiger partial charge < -0.3 is 19.0 Å². The molecule has 0 saturated carbocycles. The number of benzene rings is 1. The zero-order valence-electron chi connectivity index (χ0n) is 9.08. The van der Waals surface area contributed by atoms with Gasteiger partial charge in [-0.25, -0.2) is 4.79 Å². The number of rotatable bonds is 1. The first kappa shape index (κ1) is 10.5. The Bertz CT molecular complexity index is 768. The van der Waals surface area contributed by atoms with Gasteiger partial charge in [0.25, 0.3) is 0 Å². The lowest BCUT2D eigenvalue weighted by atomic mass is 10.1. The fourth-order valence-electron chi connectivity index (χ4n) is 1.84. The molecule has 0 fully saturated rings. The standard InChI is InChI=1S/C13H8O5/c14-9-4-3-7-8(10-2-1-5-17-10)6-11(15)18-13(7)12(9)16/h1-6,14,16H. The van der Waals surface area contributed by atoms with E-state index in [4.69, 9.17) is 8.83 Å². The molecule has 0 radical (unpaired) electrons. The summed E-state index contributed by atoms with van der Waals surface area (Å²) in [7, 11) is 0. The van der Waals surface area contributed by atoms with Gasteiger partial charge in [0, 0.05) is 17.0 Å². The van der Waals surface area contributed by atoms with Gasteiger partial charge in [0.15, 0.2) is 11.3 Å². The Morgan fingerprint density at radius 2 is 1.94 bits per heavy atom. The Morgan fingerprint density at radius 3 is 2.67 bits per heavy atom. The van der Waals surface area contributed by atoms with Crippen molar-refractivity contribution in [3.8, 4) is 22.8 Å². The van der Waals surface area contributed by atoms with Gasteiger partial charge >= 0.3 is 5.63 Å². The van der Waals surface area contributed by atoms with Crippen LogP contribution in [0.1, 0.15) is 0 Å². The predicted molar refractivity (Wildman–Crippen MR) is 63.5 cm³/mol. The van der Waals surface area contributed by atoms with Gasteiger partial charge in [0.05, 0.1) is 6.26 Å². The van der Waals surface area contributed by atoms with Crippen LogP contribution in [0.3, 0.4) is 0 Å². The number of phenols is 2. The number of hydrogen-bond acceptors (Lipinski definition) is 5. The molecule has 18 heavy (non-hydrogen) atoms. The smallest absolute Gasteiger partial charge is 0.337 e. The fraction of sp³-hybridized carbons (Fsp3) is 0. The molecule has 5 nitrogen and oxygen atoms in total. The summed E-state index contributed by atoms with van der Waals surface area (Å²) in [6.45, 7) is 0. The lowest BCUT2D eigenvalue weighted by Gasteiger charge is -2.05. The molecule has 0 amide bonds. The van der Waals surface area contributed by atoms with Gasteiger partial charge in [0.2, 0.25) is 5.75 Å². The normalized spacial score (nSPS) is 10.9. The Balaban J connectivity index is 2.47. The van der Waals surface area contributed by atoms with Crippen LogP contribution >= 0.6 is 0 Å². The summed E-state index contributed by atoms with van der Waals surface area (Å²) in [5.41, 5.74) is -0.190. The second-order valence-corrected chi connectivity index (χ2v) is 3.77. The molecule has 0 aliphatic rings. The van der Waals surface area contributed by atoms with Crippen LogP contribution in [0.4, 0.5) is 0 Å². The summed E-state index contributed by atoms with van der Waals surface area (Å²) in [5.74, 6) is -0.321. The zero-order valence-corrected chi connectivity index (χ0v) is 9.08. The summed E-state index contributed by atoms with van der Waals surface area (Å²) >= 11 is 0. The number of hydrogen-bond donors (Lipinski definition) is 2. The Kier molecular flexibility index (Phi) is 2.13. The summed E-state index contributed by atoms with van der Waals surface area (Å²) in [5, 5.41) is 19.6. The van der Waals surface area contributed by atoms with Gasteiger partial charge in [-0.15, -0.1) is 0 Å². The molecular formula is C13H8O5. The van der Waals surface area contributed by atoms with Crippen LogP contribution in [0.25, 0.3) is 22.3 Å². The first-order valence-electron chi connectivity index (χ1n) is 5.19. The van der Waals surface area contributed by atoms with Crippen molar-refractivity contribution in [1.29, 1.82) is 0 Å². The van der Waals surface area contributed by atoms with Gasteiger partial charge in [-0.2, -0.15) is 0 Å². The topological polar surface area (TPSA) is 83.8 Å². The van der Waals surface area contributed by atoms with E-state index in [0.29, 0.717) is 16.7 Å². The number of furan rings is 1. The third-order valence-electron chi connectivity index (χ3n) is 2.65. The van der Waals surface area contributed by atoms with E-state index in [2.05, 4.69) is 0 Å². The Morgan fingerprint density at radius 1 is 1.11 bits per heavy atom. The van der Waals surface area contributed by atoms with E-state index in [0.717, 1.165) is 0 Å². The van der Waals surface area contributed by atoms with E-state index in [1.54, 1.807) is 18.2 Å². The van der Waals surface area contributed by atoms with Crippen LogP contribution in [-0.2, 0) is 0 Å². The van der Waals surface area contributed by atoms with Crippen LogP contribution in [0, 0.1) is 0 Å². The van der Waals surface area contributed by atoms with Gasteiger partial charge in [-0.3, -0.25) is 0 Å². The van der Waals surface area contributed by atoms with E-state index in [-0.39, 0.29) is 11.3 Å². The molecule has 0 unspecified atom stereocenters. The molecular weight excluding hydrogens is 236 g/mol. The number of aromatic hydroxyl groups is 2. The van der Waals surface area contributed by atoms with Crippen LogP contribution in [0.5, 0.6) is 11.5 Å². The Hall–Kier alpha value is -2.69. The van der Waals surface area contributed by atoms with E-state index in [1.807, 2.05) is 0 Å². The molecule has 0 bridgehead atoms. The van der Waals surface area contributed by atoms with Gasteiger partial charge in [0.1, 0.15) is 5.76 Å². The average Bonchev–Trinajstić information content (AvgIpc) is 2.87. The van der Waals surface area contributed by atoms with Crippen LogP contribution in [-0.4, -0.2) is 10.2 Å². The molecule has 5 heteroatoms. The van der Waals surface area contributed by atoms with Gasteiger partial charge in [-0.1, -0.05) is 0 Å². The maximum absolute atomic E-state index is 11.5. The summed E-state index contributed by atoms with van der Waals surface area (Å²) in [6.07, 6.45) is 1.48. The molecule has 2 heterocycles. The van der Waals surface area contributed by atoms with Crippen molar-refractivity contribution in [3.63, 3.8) is 0 Å². The predicted octanol–water partition coefficient (Wildman–Crippen LogP) is 2.46. The molecule has 0 atom stereocenters. The molecule has 2 aromatic heterocycles. The zero-order chi connectivity index (χ0) is 12.7. The lowest BCUT2D eigenvalue weighted by molar-refractivity contribution is 0.397. The number of phenolic OH excluding ortho intramolecular Hbond substituents is 2. The molecule has 2 N–H and O–H groups in total. The van der Waals surface area contributed by atoms with Crippen molar-refractivity contribution in [2.45, 2.75) is 0 Å². The first-order valence-corrected chi connectivity index (χ1v) is 5.19. The largest absolute Gasteiger partial charge is 0.504 e. The maximum Gasteiger partial charge on any atom is 0.337 e. The molecule has 3 rings (SSSR count). The summed E-state index contributed by atoms with van der Waals surface area (Å²) < 4.78 is 10.1. The third kappa shape index (κ3) is 1.45. The summed E-state index contributed by atoms with van der Waals surface area (Å²) in [6, 6.07) is 7.53. The highest BCUT2D eigenvalue weighted by Crippen LogP contribution is 2.37. The van der Waals surface area contributed by atoms with Crippen molar-refractivity contribution in [2.24, 2.45) is 0 Å². The van der Waals surface area contributed by atoms with Crippen molar-refractivity contribution in [3.05, 3.63) is 47.0 Å². The van der Waals surface area contributed by atoms with Crippen molar-refractivity contribution < 1.29 is 19.0 Å². The minimum atomic E-state index is -0.630. The fourth-order valence-corrected chi connectivity index (χ4v) is 1.84. The van der Waals surface area contributed by atoms with E-state index in [9.17, 15) is 15.0 Å². The van der Waals surface area contributed by atoms with E-state index < -0.39 is 11.4 Å². The maximum atomic E-state index is 11.5. The third-order valence-corrected chi connectivity index (χ3v) is 2.65. The molecule has 90 valence electrons. The molecule has 0 saturated heterocycles. The molecule has 1 aromatic carbocycles. The minimum absolute atomic E-state index is 0.0612. The van der Waals surface area contributed by atoms with Crippen LogP contribution < -0.4 is 5.63 Å². The van der Waals surface area contributed by atoms with Crippen LogP contribution in [0.2, 0.25) is 0 Å². The lowest BCUT2D eigenvalue weighted by Crippen LogP contribution is -1.97. The van der Waals surface area contributed by atoms with E-state index in [1.165, 1.54) is 18.4 Å². The molecule has 0 aliphatic heterocycles.